The Kier molecular flexibility index (Phi) is 4.41. The number of benzene rings is 1. The van der Waals surface area contributed by atoms with E-state index in [1.165, 1.54) is 7.11 Å². The quantitative estimate of drug-likeness (QED) is 0.880. The van der Waals surface area contributed by atoms with Crippen LogP contribution in [0.1, 0.15) is 19.3 Å². The summed E-state index contributed by atoms with van der Waals surface area (Å²) >= 11 is 0. The largest absolute Gasteiger partial charge is 0.469 e. The molecule has 1 heterocycles. The molecule has 0 saturated heterocycles. The van der Waals surface area contributed by atoms with Crippen LogP contribution in [0, 0.1) is 11.8 Å². The molecule has 2 aromatic rings. The van der Waals surface area contributed by atoms with Crippen LogP contribution in [0.5, 0.6) is 0 Å². The van der Waals surface area contributed by atoms with Crippen LogP contribution in [0.25, 0.3) is 5.69 Å². The van der Waals surface area contributed by atoms with Gasteiger partial charge in [0, 0.05) is 12.4 Å². The summed E-state index contributed by atoms with van der Waals surface area (Å²) < 4.78 is 6.65. The van der Waals surface area contributed by atoms with Gasteiger partial charge in [-0.1, -0.05) is 18.6 Å². The minimum atomic E-state index is -0.347. The second kappa shape index (κ2) is 6.64. The summed E-state index contributed by atoms with van der Waals surface area (Å²) in [6.07, 6.45) is 7.45. The first-order chi connectivity index (χ1) is 11.2. The van der Waals surface area contributed by atoms with Gasteiger partial charge in [-0.3, -0.25) is 9.59 Å². The van der Waals surface area contributed by atoms with Gasteiger partial charge < -0.3 is 14.6 Å². The van der Waals surface area contributed by atoms with E-state index in [2.05, 4.69) is 10.3 Å². The molecule has 3 rings (SSSR count). The maximum atomic E-state index is 12.6. The molecule has 0 aliphatic heterocycles. The lowest BCUT2D eigenvalue weighted by molar-refractivity contribution is -0.148. The fourth-order valence-electron chi connectivity index (χ4n) is 3.14. The molecule has 1 aliphatic carbocycles. The molecule has 1 aliphatic rings. The molecule has 1 aromatic carbocycles. The Hall–Kier alpha value is -2.63. The zero-order valence-corrected chi connectivity index (χ0v) is 12.9. The van der Waals surface area contributed by atoms with E-state index < -0.39 is 0 Å². The van der Waals surface area contributed by atoms with E-state index in [1.54, 1.807) is 12.5 Å². The Bertz CT molecular complexity index is 697. The summed E-state index contributed by atoms with van der Waals surface area (Å²) in [6.45, 7) is 0. The van der Waals surface area contributed by atoms with E-state index in [1.807, 2.05) is 35.0 Å². The predicted molar refractivity (Wildman–Crippen MR) is 85.0 cm³/mol. The van der Waals surface area contributed by atoms with Crippen molar-refractivity contribution in [1.29, 1.82) is 0 Å². The standard InChI is InChI=1S/C17H19N3O3/c1-23-17(22)13-6-4-5-12(13)16(21)19-14-7-2-3-8-15(14)20-10-9-18-11-20/h2-3,7-13H,4-6H2,1H3,(H,19,21)/t12-,13-/m0/s1. The van der Waals surface area contributed by atoms with Gasteiger partial charge in [-0.05, 0) is 25.0 Å². The Morgan fingerprint density at radius 3 is 2.78 bits per heavy atom. The van der Waals surface area contributed by atoms with Crippen molar-refractivity contribution in [3.8, 4) is 5.69 Å². The number of rotatable bonds is 4. The smallest absolute Gasteiger partial charge is 0.309 e. The number of ether oxygens (including phenoxy) is 1. The molecule has 1 saturated carbocycles. The number of hydrogen-bond acceptors (Lipinski definition) is 4. The number of nitrogens with zero attached hydrogens (tertiary/aromatic N) is 2. The third-order valence-electron chi connectivity index (χ3n) is 4.30. The summed E-state index contributed by atoms with van der Waals surface area (Å²) in [4.78, 5) is 28.5. The van der Waals surface area contributed by atoms with E-state index in [-0.39, 0.29) is 23.7 Å². The number of methoxy groups -OCH3 is 1. The Morgan fingerprint density at radius 2 is 2.04 bits per heavy atom. The minimum Gasteiger partial charge on any atom is -0.469 e. The number of nitrogens with one attached hydrogen (secondary N) is 1. The number of amides is 1. The zero-order valence-electron chi connectivity index (χ0n) is 12.9. The molecule has 1 aromatic heterocycles. The van der Waals surface area contributed by atoms with Crippen LogP contribution >= 0.6 is 0 Å². The van der Waals surface area contributed by atoms with Crippen molar-refractivity contribution in [3.63, 3.8) is 0 Å². The summed E-state index contributed by atoms with van der Waals surface area (Å²) in [5, 5.41) is 2.95. The number of anilines is 1. The van der Waals surface area contributed by atoms with Crippen LogP contribution < -0.4 is 5.32 Å². The molecule has 2 atom stereocenters. The lowest BCUT2D eigenvalue weighted by Gasteiger charge is -2.18. The highest BCUT2D eigenvalue weighted by atomic mass is 16.5. The second-order valence-corrected chi connectivity index (χ2v) is 5.64. The van der Waals surface area contributed by atoms with Crippen molar-refractivity contribution in [3.05, 3.63) is 43.0 Å². The summed E-state index contributed by atoms with van der Waals surface area (Å²) in [7, 11) is 1.37. The molecule has 6 nitrogen and oxygen atoms in total. The highest BCUT2D eigenvalue weighted by molar-refractivity contribution is 5.97. The number of para-hydroxylation sites is 2. The van der Waals surface area contributed by atoms with Crippen LogP contribution in [0.15, 0.2) is 43.0 Å². The fraction of sp³-hybridized carbons (Fsp3) is 0.353. The lowest BCUT2D eigenvalue weighted by atomic mass is 9.95. The maximum absolute atomic E-state index is 12.6. The zero-order chi connectivity index (χ0) is 16.2. The van der Waals surface area contributed by atoms with Crippen molar-refractivity contribution in [1.82, 2.24) is 9.55 Å². The molecule has 0 bridgehead atoms. The molecule has 0 spiro atoms. The monoisotopic (exact) mass is 313 g/mol. The molecule has 1 amide bonds. The summed E-state index contributed by atoms with van der Waals surface area (Å²) in [5.74, 6) is -1.12. The fourth-order valence-corrected chi connectivity index (χ4v) is 3.14. The van der Waals surface area contributed by atoms with Gasteiger partial charge in [0.05, 0.1) is 36.6 Å². The van der Waals surface area contributed by atoms with Crippen LogP contribution in [0.2, 0.25) is 0 Å². The molecule has 1 N–H and O–H groups in total. The van der Waals surface area contributed by atoms with E-state index >= 15 is 0 Å². The van der Waals surface area contributed by atoms with Crippen LogP contribution in [0.4, 0.5) is 5.69 Å². The molecule has 120 valence electrons. The Labute approximate surface area is 134 Å². The van der Waals surface area contributed by atoms with Gasteiger partial charge in [0.15, 0.2) is 0 Å². The average Bonchev–Trinajstić information content (AvgIpc) is 3.26. The van der Waals surface area contributed by atoms with Crippen molar-refractivity contribution in [2.45, 2.75) is 19.3 Å². The first-order valence-electron chi connectivity index (χ1n) is 7.66. The van der Waals surface area contributed by atoms with Crippen LogP contribution in [-0.2, 0) is 14.3 Å². The minimum absolute atomic E-state index is 0.134. The van der Waals surface area contributed by atoms with Gasteiger partial charge in [-0.25, -0.2) is 4.98 Å². The predicted octanol–water partition coefficient (Wildman–Crippen LogP) is 2.40. The number of aromatic nitrogens is 2. The Morgan fingerprint density at radius 1 is 1.26 bits per heavy atom. The lowest BCUT2D eigenvalue weighted by Crippen LogP contribution is -2.31. The number of imidazole rings is 1. The van der Waals surface area contributed by atoms with Crippen molar-refractivity contribution in [2.75, 3.05) is 12.4 Å². The first-order valence-corrected chi connectivity index (χ1v) is 7.66. The van der Waals surface area contributed by atoms with Gasteiger partial charge in [0.1, 0.15) is 0 Å². The van der Waals surface area contributed by atoms with Gasteiger partial charge in [0.25, 0.3) is 0 Å². The average molecular weight is 313 g/mol. The molecule has 6 heteroatoms. The number of esters is 1. The molecule has 23 heavy (non-hydrogen) atoms. The van der Waals surface area contributed by atoms with Crippen molar-refractivity contribution < 1.29 is 14.3 Å². The van der Waals surface area contributed by atoms with Gasteiger partial charge >= 0.3 is 5.97 Å². The summed E-state index contributed by atoms with van der Waals surface area (Å²) in [6, 6.07) is 7.51. The van der Waals surface area contributed by atoms with E-state index in [9.17, 15) is 9.59 Å². The highest BCUT2D eigenvalue weighted by Gasteiger charge is 2.38. The topological polar surface area (TPSA) is 73.2 Å². The SMILES string of the molecule is COC(=O)[C@H]1CCC[C@@H]1C(=O)Nc1ccccc1-n1ccnc1. The number of carbonyl (C=O) groups excluding carboxylic acids is 2. The maximum Gasteiger partial charge on any atom is 0.309 e. The third-order valence-corrected chi connectivity index (χ3v) is 4.30. The summed E-state index contributed by atoms with van der Waals surface area (Å²) in [5.41, 5.74) is 1.54. The molecule has 0 radical (unpaired) electrons. The molecular weight excluding hydrogens is 294 g/mol. The van der Waals surface area contributed by atoms with Crippen molar-refractivity contribution in [2.24, 2.45) is 11.8 Å². The van der Waals surface area contributed by atoms with Gasteiger partial charge in [-0.15, -0.1) is 0 Å². The molecule has 1 fully saturated rings. The van der Waals surface area contributed by atoms with Crippen LogP contribution in [-0.4, -0.2) is 28.5 Å². The first kappa shape index (κ1) is 15.3. The number of hydrogen-bond donors (Lipinski definition) is 1. The number of carbonyl (C=O) groups is 2. The van der Waals surface area contributed by atoms with Gasteiger partial charge in [0.2, 0.25) is 5.91 Å². The van der Waals surface area contributed by atoms with E-state index in [4.69, 9.17) is 4.74 Å². The molecule has 0 unspecified atom stereocenters. The second-order valence-electron chi connectivity index (χ2n) is 5.64. The highest BCUT2D eigenvalue weighted by Crippen LogP contribution is 2.34. The third kappa shape index (κ3) is 3.11. The Balaban J connectivity index is 1.80. The molecular formula is C17H19N3O3. The van der Waals surface area contributed by atoms with Gasteiger partial charge in [-0.2, -0.15) is 0 Å². The van der Waals surface area contributed by atoms with E-state index in [0.29, 0.717) is 18.5 Å². The van der Waals surface area contributed by atoms with Crippen molar-refractivity contribution >= 4 is 17.6 Å². The van der Waals surface area contributed by atoms with Crippen LogP contribution in [0.3, 0.4) is 0 Å². The normalized spacial score (nSPS) is 20.2. The van der Waals surface area contributed by atoms with E-state index in [0.717, 1.165) is 12.1 Å².